The normalized spacial score (nSPS) is 21.7. The molecule has 0 aliphatic heterocycles. The summed E-state index contributed by atoms with van der Waals surface area (Å²) in [5.74, 6) is 1.38. The van der Waals surface area contributed by atoms with Crippen LogP contribution in [0.1, 0.15) is 67.6 Å². The van der Waals surface area contributed by atoms with Gasteiger partial charge in [-0.2, -0.15) is 0 Å². The van der Waals surface area contributed by atoms with E-state index in [9.17, 15) is 0 Å². The Balaban J connectivity index is 1.60. The number of hydrogen-bond acceptors (Lipinski definition) is 1. The molecule has 1 fully saturated rings. The summed E-state index contributed by atoms with van der Waals surface area (Å²) in [6, 6.07) is 13.4. The van der Waals surface area contributed by atoms with Crippen LogP contribution in [0.4, 0.5) is 0 Å². The van der Waals surface area contributed by atoms with Gasteiger partial charge in [-0.05, 0) is 66.7 Å². The van der Waals surface area contributed by atoms with Gasteiger partial charge < -0.3 is 0 Å². The molecule has 116 valence electrons. The van der Waals surface area contributed by atoms with Crippen molar-refractivity contribution in [1.82, 2.24) is 4.98 Å². The predicted octanol–water partition coefficient (Wildman–Crippen LogP) is 6.13. The third-order valence-electron chi connectivity index (χ3n) is 4.94. The van der Waals surface area contributed by atoms with Gasteiger partial charge in [0.2, 0.25) is 0 Å². The molecule has 1 nitrogen and oxygen atoms in total. The molecule has 0 spiro atoms. The second-order valence-electron chi connectivity index (χ2n) is 6.45. The lowest BCUT2D eigenvalue weighted by molar-refractivity contribution is 0.396. The summed E-state index contributed by atoms with van der Waals surface area (Å²) in [5, 5.41) is 0.588. The molecule has 2 heteroatoms. The van der Waals surface area contributed by atoms with Crippen LogP contribution in [-0.4, -0.2) is 4.98 Å². The quantitative estimate of drug-likeness (QED) is 0.619. The predicted molar refractivity (Wildman–Crippen MR) is 93.6 cm³/mol. The maximum Gasteiger partial charge on any atom is 0.129 e. The van der Waals surface area contributed by atoms with Crippen molar-refractivity contribution in [3.05, 3.63) is 64.4 Å². The van der Waals surface area contributed by atoms with Crippen LogP contribution < -0.4 is 0 Å². The third-order valence-corrected chi connectivity index (χ3v) is 5.16. The van der Waals surface area contributed by atoms with Crippen LogP contribution in [0.15, 0.2) is 42.6 Å². The lowest BCUT2D eigenvalue weighted by Crippen LogP contribution is -2.12. The number of halogens is 1. The highest BCUT2D eigenvalue weighted by Gasteiger charge is 2.23. The average molecular weight is 314 g/mol. The summed E-state index contributed by atoms with van der Waals surface area (Å²) in [5.41, 5.74) is 4.33. The molecule has 1 aliphatic carbocycles. The molecule has 0 N–H and O–H groups in total. The first-order chi connectivity index (χ1) is 10.8. The van der Waals surface area contributed by atoms with Crippen molar-refractivity contribution in [2.24, 2.45) is 0 Å². The summed E-state index contributed by atoms with van der Waals surface area (Å²) in [4.78, 5) is 4.22. The second kappa shape index (κ2) is 7.28. The zero-order chi connectivity index (χ0) is 15.4. The van der Waals surface area contributed by atoms with E-state index in [-0.39, 0.29) is 0 Å². The van der Waals surface area contributed by atoms with Gasteiger partial charge in [0.15, 0.2) is 0 Å². The van der Waals surface area contributed by atoms with Crippen LogP contribution in [0.2, 0.25) is 5.15 Å². The zero-order valence-electron chi connectivity index (χ0n) is 13.3. The van der Waals surface area contributed by atoms with E-state index in [0.29, 0.717) is 11.1 Å². The maximum atomic E-state index is 5.88. The Morgan fingerprint density at radius 2 is 1.50 bits per heavy atom. The Morgan fingerprint density at radius 3 is 2.05 bits per heavy atom. The van der Waals surface area contributed by atoms with Gasteiger partial charge in [-0.1, -0.05) is 55.3 Å². The first kappa shape index (κ1) is 15.6. The van der Waals surface area contributed by atoms with E-state index in [2.05, 4.69) is 42.2 Å². The van der Waals surface area contributed by atoms with Crippen molar-refractivity contribution in [2.45, 2.75) is 57.3 Å². The molecule has 1 heterocycles. The fraction of sp³-hybridized carbons (Fsp3) is 0.450. The Morgan fingerprint density at radius 1 is 0.909 bits per heavy atom. The van der Waals surface area contributed by atoms with Crippen LogP contribution >= 0.6 is 11.6 Å². The molecule has 0 unspecified atom stereocenters. The molecule has 0 saturated heterocycles. The fourth-order valence-electron chi connectivity index (χ4n) is 3.63. The summed E-state index contributed by atoms with van der Waals surface area (Å²) < 4.78 is 0. The van der Waals surface area contributed by atoms with Gasteiger partial charge in [0, 0.05) is 6.20 Å². The van der Waals surface area contributed by atoms with Gasteiger partial charge in [0.25, 0.3) is 0 Å². The SMILES string of the molecule is CCCc1ccc([C@H]2CC[C@H](c3ccc(Cl)nc3)CC2)cc1. The van der Waals surface area contributed by atoms with Gasteiger partial charge >= 0.3 is 0 Å². The lowest BCUT2D eigenvalue weighted by Gasteiger charge is -2.29. The topological polar surface area (TPSA) is 12.9 Å². The summed E-state index contributed by atoms with van der Waals surface area (Å²) in [6.07, 6.45) is 9.43. The first-order valence-corrected chi connectivity index (χ1v) is 8.84. The van der Waals surface area contributed by atoms with Gasteiger partial charge in [-0.15, -0.1) is 0 Å². The van der Waals surface area contributed by atoms with Gasteiger partial charge in [0.1, 0.15) is 5.15 Å². The van der Waals surface area contributed by atoms with Crippen LogP contribution in [0.25, 0.3) is 0 Å². The van der Waals surface area contributed by atoms with E-state index in [1.807, 2.05) is 12.3 Å². The van der Waals surface area contributed by atoms with Gasteiger partial charge in [0.05, 0.1) is 0 Å². The molecule has 1 aliphatic rings. The van der Waals surface area contributed by atoms with E-state index in [1.54, 1.807) is 0 Å². The van der Waals surface area contributed by atoms with Crippen LogP contribution in [-0.2, 0) is 6.42 Å². The number of hydrogen-bond donors (Lipinski definition) is 0. The standard InChI is InChI=1S/C20H24ClN/c1-2-3-15-4-6-16(7-5-15)17-8-10-18(11-9-17)19-12-13-20(21)22-14-19/h4-7,12-14,17-18H,2-3,8-11H2,1H3/t17-,18-. The number of aryl methyl sites for hydroxylation is 1. The molecule has 0 bridgehead atoms. The molecule has 3 rings (SSSR count). The largest absolute Gasteiger partial charge is 0.244 e. The lowest BCUT2D eigenvalue weighted by atomic mass is 9.76. The molecule has 1 saturated carbocycles. The summed E-state index contributed by atoms with van der Waals surface area (Å²) >= 11 is 5.88. The summed E-state index contributed by atoms with van der Waals surface area (Å²) in [6.45, 7) is 2.24. The molecule has 1 aromatic carbocycles. The average Bonchev–Trinajstić information content (AvgIpc) is 2.57. The van der Waals surface area contributed by atoms with Crippen molar-refractivity contribution in [3.8, 4) is 0 Å². The summed E-state index contributed by atoms with van der Waals surface area (Å²) in [7, 11) is 0. The molecule has 22 heavy (non-hydrogen) atoms. The Labute approximate surface area is 138 Å². The van der Waals surface area contributed by atoms with Crippen LogP contribution in [0, 0.1) is 0 Å². The molecular formula is C20H24ClN. The molecule has 1 aromatic heterocycles. The molecule has 0 amide bonds. The number of aromatic nitrogens is 1. The monoisotopic (exact) mass is 313 g/mol. The van der Waals surface area contributed by atoms with Crippen LogP contribution in [0.3, 0.4) is 0 Å². The van der Waals surface area contributed by atoms with E-state index in [0.717, 1.165) is 5.92 Å². The minimum absolute atomic E-state index is 0.588. The number of rotatable bonds is 4. The Bertz CT molecular complexity index is 580. The number of nitrogens with zero attached hydrogens (tertiary/aromatic N) is 1. The van der Waals surface area contributed by atoms with Crippen LogP contribution in [0.5, 0.6) is 0 Å². The number of pyridine rings is 1. The smallest absolute Gasteiger partial charge is 0.129 e. The van der Waals surface area contributed by atoms with Gasteiger partial charge in [-0.3, -0.25) is 0 Å². The highest BCUT2D eigenvalue weighted by atomic mass is 35.5. The Kier molecular flexibility index (Phi) is 5.15. The molecule has 0 atom stereocenters. The van der Waals surface area contributed by atoms with E-state index < -0.39 is 0 Å². The third kappa shape index (κ3) is 3.70. The molecular weight excluding hydrogens is 290 g/mol. The second-order valence-corrected chi connectivity index (χ2v) is 6.84. The van der Waals surface area contributed by atoms with E-state index in [1.165, 1.54) is 55.2 Å². The first-order valence-electron chi connectivity index (χ1n) is 8.46. The van der Waals surface area contributed by atoms with Crippen molar-refractivity contribution in [2.75, 3.05) is 0 Å². The maximum absolute atomic E-state index is 5.88. The molecule has 0 radical (unpaired) electrons. The molecule has 2 aromatic rings. The van der Waals surface area contributed by atoms with Crippen molar-refractivity contribution in [1.29, 1.82) is 0 Å². The fourth-order valence-corrected chi connectivity index (χ4v) is 3.75. The van der Waals surface area contributed by atoms with Crippen molar-refractivity contribution >= 4 is 11.6 Å². The highest BCUT2D eigenvalue weighted by Crippen LogP contribution is 2.40. The minimum Gasteiger partial charge on any atom is -0.244 e. The van der Waals surface area contributed by atoms with E-state index >= 15 is 0 Å². The Hall–Kier alpha value is -1.34. The van der Waals surface area contributed by atoms with Crippen molar-refractivity contribution < 1.29 is 0 Å². The minimum atomic E-state index is 0.588. The van der Waals surface area contributed by atoms with Gasteiger partial charge in [-0.25, -0.2) is 4.98 Å². The van der Waals surface area contributed by atoms with Crippen molar-refractivity contribution in [3.63, 3.8) is 0 Å². The number of benzene rings is 1. The zero-order valence-corrected chi connectivity index (χ0v) is 14.0. The highest BCUT2D eigenvalue weighted by molar-refractivity contribution is 6.29. The van der Waals surface area contributed by atoms with E-state index in [4.69, 9.17) is 11.6 Å².